The van der Waals surface area contributed by atoms with Crippen LogP contribution in [0.25, 0.3) is 0 Å². The van der Waals surface area contributed by atoms with Crippen LogP contribution in [0.4, 0.5) is 11.6 Å². The summed E-state index contributed by atoms with van der Waals surface area (Å²) in [5, 5.41) is 16.2. The first-order chi connectivity index (χ1) is 13.6. The maximum absolute atomic E-state index is 12.6. The Morgan fingerprint density at radius 2 is 2.11 bits per heavy atom. The number of nitrogens with zero attached hydrogens (tertiary/aromatic N) is 4. The van der Waals surface area contributed by atoms with Gasteiger partial charge in [-0.15, -0.1) is 0 Å². The number of carbonyl (C=O) groups is 1. The quantitative estimate of drug-likeness (QED) is 0.711. The molecule has 1 aliphatic heterocycles. The summed E-state index contributed by atoms with van der Waals surface area (Å²) in [7, 11) is 1.53. The van der Waals surface area contributed by atoms with Crippen molar-refractivity contribution in [2.24, 2.45) is 7.05 Å². The van der Waals surface area contributed by atoms with Gasteiger partial charge < -0.3 is 19.8 Å². The highest BCUT2D eigenvalue weighted by atomic mass is 16.5. The smallest absolute Gasteiger partial charge is 0.297 e. The Hall–Kier alpha value is -3.62. The molecule has 9 heteroatoms. The number of aromatic nitrogens is 3. The van der Waals surface area contributed by atoms with Crippen molar-refractivity contribution < 1.29 is 14.4 Å². The largest absolute Gasteiger partial charge is 0.501 e. The Labute approximate surface area is 160 Å². The highest BCUT2D eigenvalue weighted by molar-refractivity contribution is 6.04. The minimum Gasteiger partial charge on any atom is -0.501 e. The highest BCUT2D eigenvalue weighted by Gasteiger charge is 2.31. The lowest BCUT2D eigenvalue weighted by atomic mass is 10.1. The van der Waals surface area contributed by atoms with Gasteiger partial charge in [0.25, 0.3) is 11.5 Å². The maximum atomic E-state index is 12.6. The second kappa shape index (κ2) is 7.18. The molecule has 1 amide bonds. The molecule has 0 radical (unpaired) electrons. The van der Waals surface area contributed by atoms with Crippen LogP contribution >= 0.6 is 0 Å². The lowest BCUT2D eigenvalue weighted by Crippen LogP contribution is -2.33. The van der Waals surface area contributed by atoms with Crippen LogP contribution in [0.15, 0.2) is 52.1 Å². The van der Waals surface area contributed by atoms with Crippen LogP contribution in [-0.2, 0) is 7.05 Å². The summed E-state index contributed by atoms with van der Waals surface area (Å²) >= 11 is 0. The van der Waals surface area contributed by atoms with Gasteiger partial charge in [0.2, 0.25) is 11.7 Å². The number of hydrogen-bond acceptors (Lipinski definition) is 7. The summed E-state index contributed by atoms with van der Waals surface area (Å²) in [6.45, 7) is 0.692. The van der Waals surface area contributed by atoms with Crippen LogP contribution in [0.5, 0.6) is 5.75 Å². The second-order valence-corrected chi connectivity index (χ2v) is 6.60. The van der Waals surface area contributed by atoms with Crippen molar-refractivity contribution in [3.8, 4) is 5.75 Å². The van der Waals surface area contributed by atoms with Crippen LogP contribution in [0, 0.1) is 0 Å². The van der Waals surface area contributed by atoms with Crippen molar-refractivity contribution >= 4 is 17.5 Å². The van der Waals surface area contributed by atoms with Gasteiger partial charge in [0, 0.05) is 13.6 Å². The number of amides is 1. The Morgan fingerprint density at radius 3 is 2.82 bits per heavy atom. The number of rotatable bonds is 4. The van der Waals surface area contributed by atoms with Crippen molar-refractivity contribution in [3.05, 3.63) is 64.4 Å². The van der Waals surface area contributed by atoms with E-state index in [1.165, 1.54) is 24.1 Å². The summed E-state index contributed by atoms with van der Waals surface area (Å²) in [5.41, 5.74) is 0.395. The number of benzene rings is 1. The lowest BCUT2D eigenvalue weighted by molar-refractivity contribution is 0.101. The molecule has 0 bridgehead atoms. The summed E-state index contributed by atoms with van der Waals surface area (Å²) in [6.07, 6.45) is 4.38. The van der Waals surface area contributed by atoms with E-state index in [4.69, 9.17) is 0 Å². The van der Waals surface area contributed by atoms with E-state index < -0.39 is 17.2 Å². The Balaban J connectivity index is 1.74. The fourth-order valence-corrected chi connectivity index (χ4v) is 3.48. The summed E-state index contributed by atoms with van der Waals surface area (Å²) in [6, 6.07) is 9.98. The van der Waals surface area contributed by atoms with Gasteiger partial charge in [0.1, 0.15) is 12.0 Å². The Kier molecular flexibility index (Phi) is 4.56. The Morgan fingerprint density at radius 1 is 1.32 bits per heavy atom. The van der Waals surface area contributed by atoms with Gasteiger partial charge in [0.15, 0.2) is 5.69 Å². The van der Waals surface area contributed by atoms with E-state index >= 15 is 0 Å². The number of carbonyl (C=O) groups excluding carboxylic acids is 1. The molecule has 4 rings (SSSR count). The lowest BCUT2D eigenvalue weighted by Gasteiger charge is -2.27. The third kappa shape index (κ3) is 3.11. The van der Waals surface area contributed by atoms with Crippen molar-refractivity contribution in [2.75, 3.05) is 16.8 Å². The number of aromatic hydroxyl groups is 1. The van der Waals surface area contributed by atoms with E-state index in [0.717, 1.165) is 18.4 Å². The van der Waals surface area contributed by atoms with Crippen LogP contribution in [0.3, 0.4) is 0 Å². The number of anilines is 2. The molecule has 1 unspecified atom stereocenters. The molecule has 1 atom stereocenters. The van der Waals surface area contributed by atoms with Gasteiger partial charge in [-0.05, 0) is 18.4 Å². The van der Waals surface area contributed by atoms with Crippen molar-refractivity contribution in [3.63, 3.8) is 0 Å². The zero-order chi connectivity index (χ0) is 19.7. The van der Waals surface area contributed by atoms with E-state index in [1.54, 1.807) is 0 Å². The summed E-state index contributed by atoms with van der Waals surface area (Å²) in [4.78, 5) is 31.4. The zero-order valence-corrected chi connectivity index (χ0v) is 15.2. The van der Waals surface area contributed by atoms with Crippen molar-refractivity contribution in [1.29, 1.82) is 0 Å². The first-order valence-corrected chi connectivity index (χ1v) is 8.88. The summed E-state index contributed by atoms with van der Waals surface area (Å²) < 4.78 is 5.94. The average molecular weight is 381 g/mol. The Bertz CT molecular complexity index is 1050. The number of nitrogens with one attached hydrogen (secondary N) is 1. The summed E-state index contributed by atoms with van der Waals surface area (Å²) in [5.74, 6) is -1.07. The van der Waals surface area contributed by atoms with Gasteiger partial charge in [0.05, 0.1) is 12.2 Å². The van der Waals surface area contributed by atoms with Crippen molar-refractivity contribution in [2.45, 2.75) is 18.9 Å². The van der Waals surface area contributed by atoms with E-state index in [-0.39, 0.29) is 11.7 Å². The highest BCUT2D eigenvalue weighted by Crippen LogP contribution is 2.35. The van der Waals surface area contributed by atoms with Gasteiger partial charge in [-0.1, -0.05) is 35.5 Å². The topological polar surface area (TPSA) is 113 Å². The van der Waals surface area contributed by atoms with Gasteiger partial charge in [-0.25, -0.2) is 4.98 Å². The van der Waals surface area contributed by atoms with E-state index in [1.807, 2.05) is 35.2 Å². The van der Waals surface area contributed by atoms with Crippen molar-refractivity contribution in [1.82, 2.24) is 14.7 Å². The second-order valence-electron chi connectivity index (χ2n) is 6.60. The third-order valence-corrected chi connectivity index (χ3v) is 4.84. The molecule has 9 nitrogen and oxygen atoms in total. The first kappa shape index (κ1) is 17.8. The van der Waals surface area contributed by atoms with Gasteiger partial charge in [-0.3, -0.25) is 14.2 Å². The fourth-order valence-electron chi connectivity index (χ4n) is 3.48. The molecule has 28 heavy (non-hydrogen) atoms. The van der Waals surface area contributed by atoms with Gasteiger partial charge >= 0.3 is 0 Å². The molecule has 144 valence electrons. The normalized spacial score (nSPS) is 16.3. The molecule has 3 aromatic rings. The number of hydrogen-bond donors (Lipinski definition) is 2. The first-order valence-electron chi connectivity index (χ1n) is 8.88. The molecule has 0 spiro atoms. The zero-order valence-electron chi connectivity index (χ0n) is 15.2. The monoisotopic (exact) mass is 381 g/mol. The molecule has 2 aromatic heterocycles. The molecule has 3 heterocycles. The molecular formula is C19H19N5O4. The molecule has 2 N–H and O–H groups in total. The molecule has 1 aliphatic rings. The van der Waals surface area contributed by atoms with Crippen LogP contribution < -0.4 is 15.8 Å². The predicted molar refractivity (Wildman–Crippen MR) is 101 cm³/mol. The fraction of sp³-hybridized carbons (Fsp3) is 0.263. The van der Waals surface area contributed by atoms with E-state index in [2.05, 4.69) is 20.0 Å². The molecule has 1 saturated heterocycles. The van der Waals surface area contributed by atoms with E-state index in [0.29, 0.717) is 18.2 Å². The predicted octanol–water partition coefficient (Wildman–Crippen LogP) is 2.07. The molecule has 0 aliphatic carbocycles. The standard InChI is InChI=1S/C19H19N5O4/c1-23-18(27)16(25)15(17(26)21-13-10-20-28-11-13)22-19(23)24-9-5-8-14(24)12-6-3-2-4-7-12/h2-4,6-7,10-11,14,25H,5,8-9H2,1H3,(H,21,26). The van der Waals surface area contributed by atoms with Gasteiger partial charge in [-0.2, -0.15) is 0 Å². The average Bonchev–Trinajstić information content (AvgIpc) is 3.39. The third-order valence-electron chi connectivity index (χ3n) is 4.84. The SMILES string of the molecule is Cn1c(N2CCCC2c2ccccc2)nc(C(=O)Nc2cnoc2)c(O)c1=O. The molecule has 1 aromatic carbocycles. The van der Waals surface area contributed by atoms with Crippen LogP contribution in [0.2, 0.25) is 0 Å². The molecule has 0 saturated carbocycles. The molecular weight excluding hydrogens is 362 g/mol. The van der Waals surface area contributed by atoms with E-state index in [9.17, 15) is 14.7 Å². The van der Waals surface area contributed by atoms with Crippen LogP contribution in [-0.4, -0.2) is 32.3 Å². The minimum atomic E-state index is -0.713. The maximum Gasteiger partial charge on any atom is 0.297 e. The van der Waals surface area contributed by atoms with Crippen LogP contribution in [0.1, 0.15) is 34.9 Å². The minimum absolute atomic E-state index is 0.0397. The molecule has 1 fully saturated rings.